The van der Waals surface area contributed by atoms with Crippen molar-refractivity contribution < 1.29 is 12.9 Å². The van der Waals surface area contributed by atoms with Gasteiger partial charge in [0.15, 0.2) is 0 Å². The van der Waals surface area contributed by atoms with E-state index >= 15 is 0 Å². The highest BCUT2D eigenvalue weighted by molar-refractivity contribution is 7.92. The number of sulfonamides is 1. The molecule has 2 heterocycles. The highest BCUT2D eigenvalue weighted by Crippen LogP contribution is 2.27. The summed E-state index contributed by atoms with van der Waals surface area (Å²) in [5.41, 5.74) is 4.45. The van der Waals surface area contributed by atoms with Crippen LogP contribution in [0.2, 0.25) is 0 Å². The fourth-order valence-corrected chi connectivity index (χ4v) is 5.22. The van der Waals surface area contributed by atoms with Gasteiger partial charge in [0.05, 0.1) is 17.0 Å². The van der Waals surface area contributed by atoms with Gasteiger partial charge in [0, 0.05) is 18.0 Å². The predicted molar refractivity (Wildman–Crippen MR) is 118 cm³/mol. The molecule has 158 valence electrons. The number of pyridine rings is 1. The van der Waals surface area contributed by atoms with Crippen LogP contribution in [0.1, 0.15) is 28.1 Å². The number of para-hydroxylation sites is 1. The van der Waals surface area contributed by atoms with E-state index in [1.807, 2.05) is 31.2 Å². The summed E-state index contributed by atoms with van der Waals surface area (Å²) in [6.45, 7) is 5.56. The standard InChI is InChI=1S/C23H22N4O3S/c1-15-12-16(2)22(17(3)13-15)31(28,29)27-20-7-5-4-6-19(20)14-21-25-23(26-30-21)18-8-10-24-11-9-18/h4-13,27H,14H2,1-3H3. The van der Waals surface area contributed by atoms with Crippen LogP contribution in [-0.2, 0) is 16.4 Å². The van der Waals surface area contributed by atoms with Crippen molar-refractivity contribution in [3.63, 3.8) is 0 Å². The Bertz CT molecular complexity index is 1310. The van der Waals surface area contributed by atoms with Crippen molar-refractivity contribution >= 4 is 15.7 Å². The van der Waals surface area contributed by atoms with Crippen LogP contribution in [0.15, 0.2) is 70.3 Å². The van der Waals surface area contributed by atoms with Crippen molar-refractivity contribution in [1.82, 2.24) is 15.1 Å². The van der Waals surface area contributed by atoms with Crippen molar-refractivity contribution in [2.75, 3.05) is 4.72 Å². The van der Waals surface area contributed by atoms with Crippen molar-refractivity contribution in [1.29, 1.82) is 0 Å². The molecular formula is C23H22N4O3S. The fraction of sp³-hybridized carbons (Fsp3) is 0.174. The average Bonchev–Trinajstić information content (AvgIpc) is 3.17. The Morgan fingerprint density at radius 2 is 1.65 bits per heavy atom. The smallest absolute Gasteiger partial charge is 0.262 e. The van der Waals surface area contributed by atoms with Crippen LogP contribution < -0.4 is 4.72 Å². The van der Waals surface area contributed by atoms with Gasteiger partial charge in [-0.15, -0.1) is 0 Å². The lowest BCUT2D eigenvalue weighted by Crippen LogP contribution is -2.17. The molecule has 0 saturated heterocycles. The number of benzene rings is 2. The van der Waals surface area contributed by atoms with E-state index in [0.717, 1.165) is 16.7 Å². The molecular weight excluding hydrogens is 412 g/mol. The zero-order valence-electron chi connectivity index (χ0n) is 17.5. The van der Waals surface area contributed by atoms with Crippen LogP contribution in [-0.4, -0.2) is 23.5 Å². The maximum Gasteiger partial charge on any atom is 0.262 e. The molecule has 2 aromatic carbocycles. The van der Waals surface area contributed by atoms with Gasteiger partial charge in [-0.3, -0.25) is 9.71 Å². The Morgan fingerprint density at radius 1 is 0.968 bits per heavy atom. The molecule has 0 aliphatic rings. The summed E-state index contributed by atoms with van der Waals surface area (Å²) in [6, 6.07) is 14.5. The molecule has 2 aromatic heterocycles. The number of hydrogen-bond donors (Lipinski definition) is 1. The quantitative estimate of drug-likeness (QED) is 0.481. The van der Waals surface area contributed by atoms with Gasteiger partial charge in [-0.1, -0.05) is 41.1 Å². The Labute approximate surface area is 181 Å². The first-order valence-electron chi connectivity index (χ1n) is 9.75. The minimum absolute atomic E-state index is 0.294. The lowest BCUT2D eigenvalue weighted by molar-refractivity contribution is 0.386. The average molecular weight is 435 g/mol. The largest absolute Gasteiger partial charge is 0.339 e. The zero-order chi connectivity index (χ0) is 22.0. The summed E-state index contributed by atoms with van der Waals surface area (Å²) in [4.78, 5) is 8.71. The Hall–Kier alpha value is -3.52. The van der Waals surface area contributed by atoms with E-state index in [4.69, 9.17) is 4.52 Å². The minimum atomic E-state index is -3.77. The first-order chi connectivity index (χ1) is 14.8. The SMILES string of the molecule is Cc1cc(C)c(S(=O)(=O)Nc2ccccc2Cc2nc(-c3ccncc3)no2)c(C)c1. The van der Waals surface area contributed by atoms with Crippen LogP contribution in [0.5, 0.6) is 0 Å². The Kier molecular flexibility index (Phi) is 5.56. The van der Waals surface area contributed by atoms with Gasteiger partial charge in [0.1, 0.15) is 0 Å². The zero-order valence-corrected chi connectivity index (χ0v) is 18.3. The molecule has 0 fully saturated rings. The molecule has 4 aromatic rings. The van der Waals surface area contributed by atoms with E-state index in [1.54, 1.807) is 50.5 Å². The maximum atomic E-state index is 13.2. The van der Waals surface area contributed by atoms with E-state index in [9.17, 15) is 8.42 Å². The van der Waals surface area contributed by atoms with Crippen LogP contribution >= 0.6 is 0 Å². The third-order valence-corrected chi connectivity index (χ3v) is 6.55. The number of hydrogen-bond acceptors (Lipinski definition) is 6. The summed E-state index contributed by atoms with van der Waals surface area (Å²) in [6.07, 6.45) is 3.61. The molecule has 7 nitrogen and oxygen atoms in total. The van der Waals surface area contributed by atoms with E-state index in [0.29, 0.717) is 39.8 Å². The Balaban J connectivity index is 1.62. The van der Waals surface area contributed by atoms with Gasteiger partial charge in [-0.2, -0.15) is 4.98 Å². The van der Waals surface area contributed by atoms with Gasteiger partial charge >= 0.3 is 0 Å². The van der Waals surface area contributed by atoms with Crippen molar-refractivity contribution in [3.05, 3.63) is 89.1 Å². The predicted octanol–water partition coefficient (Wildman–Crippen LogP) is 4.45. The van der Waals surface area contributed by atoms with E-state index < -0.39 is 10.0 Å². The van der Waals surface area contributed by atoms with Crippen molar-refractivity contribution in [2.45, 2.75) is 32.1 Å². The lowest BCUT2D eigenvalue weighted by Gasteiger charge is -2.15. The molecule has 8 heteroatoms. The van der Waals surface area contributed by atoms with Crippen LogP contribution in [0.25, 0.3) is 11.4 Å². The molecule has 0 aliphatic carbocycles. The number of rotatable bonds is 6. The number of anilines is 1. The van der Waals surface area contributed by atoms with E-state index in [2.05, 4.69) is 19.8 Å². The summed E-state index contributed by atoms with van der Waals surface area (Å²) in [5.74, 6) is 0.850. The molecule has 0 amide bonds. The molecule has 1 N–H and O–H groups in total. The van der Waals surface area contributed by atoms with Crippen LogP contribution in [0, 0.1) is 20.8 Å². The first kappa shape index (κ1) is 20.7. The number of aryl methyl sites for hydroxylation is 3. The summed E-state index contributed by atoms with van der Waals surface area (Å²) in [5, 5.41) is 4.01. The van der Waals surface area contributed by atoms with Crippen LogP contribution in [0.3, 0.4) is 0 Å². The monoisotopic (exact) mass is 434 g/mol. The highest BCUT2D eigenvalue weighted by Gasteiger charge is 2.21. The van der Waals surface area contributed by atoms with Crippen LogP contribution in [0.4, 0.5) is 5.69 Å². The first-order valence-corrected chi connectivity index (χ1v) is 11.2. The molecule has 4 rings (SSSR count). The normalized spacial score (nSPS) is 11.5. The molecule has 0 bridgehead atoms. The minimum Gasteiger partial charge on any atom is -0.339 e. The van der Waals surface area contributed by atoms with E-state index in [-0.39, 0.29) is 0 Å². The number of nitrogens with zero attached hydrogens (tertiary/aromatic N) is 3. The summed E-state index contributed by atoms with van der Waals surface area (Å²) < 4.78 is 34.5. The van der Waals surface area contributed by atoms with Gasteiger partial charge in [-0.05, 0) is 55.7 Å². The van der Waals surface area contributed by atoms with Gasteiger partial charge < -0.3 is 4.52 Å². The second-order valence-corrected chi connectivity index (χ2v) is 9.03. The van der Waals surface area contributed by atoms with Crippen molar-refractivity contribution in [2.24, 2.45) is 0 Å². The van der Waals surface area contributed by atoms with Gasteiger partial charge in [-0.25, -0.2) is 8.42 Å². The highest BCUT2D eigenvalue weighted by atomic mass is 32.2. The molecule has 0 unspecified atom stereocenters. The van der Waals surface area contributed by atoms with Gasteiger partial charge in [0.25, 0.3) is 10.0 Å². The second-order valence-electron chi connectivity index (χ2n) is 7.41. The topological polar surface area (TPSA) is 98.0 Å². The third-order valence-electron chi connectivity index (χ3n) is 4.88. The maximum absolute atomic E-state index is 13.2. The van der Waals surface area contributed by atoms with Gasteiger partial charge in [0.2, 0.25) is 11.7 Å². The molecule has 0 saturated carbocycles. The molecule has 0 radical (unpaired) electrons. The van der Waals surface area contributed by atoms with Crippen molar-refractivity contribution in [3.8, 4) is 11.4 Å². The Morgan fingerprint density at radius 3 is 2.35 bits per heavy atom. The number of nitrogens with one attached hydrogen (secondary N) is 1. The molecule has 31 heavy (non-hydrogen) atoms. The number of aromatic nitrogens is 3. The summed E-state index contributed by atoms with van der Waals surface area (Å²) in [7, 11) is -3.77. The summed E-state index contributed by atoms with van der Waals surface area (Å²) >= 11 is 0. The van der Waals surface area contributed by atoms with E-state index in [1.165, 1.54) is 0 Å². The third kappa shape index (κ3) is 4.49. The lowest BCUT2D eigenvalue weighted by atomic mass is 10.1. The fourth-order valence-electron chi connectivity index (χ4n) is 3.67. The molecule has 0 spiro atoms. The molecule has 0 atom stereocenters. The second kappa shape index (κ2) is 8.31. The molecule has 0 aliphatic heterocycles.